The van der Waals surface area contributed by atoms with E-state index in [4.69, 9.17) is 22.4 Å². The molecule has 4 aromatic heterocycles. The molecule has 0 aliphatic carbocycles. The molecule has 39 heavy (non-hydrogen) atoms. The van der Waals surface area contributed by atoms with Gasteiger partial charge in [-0.2, -0.15) is 10.2 Å². The fourth-order valence-corrected chi connectivity index (χ4v) is 5.41. The number of fused-ring (bicyclic) bond motifs is 3. The van der Waals surface area contributed by atoms with Gasteiger partial charge in [0.2, 0.25) is 0 Å². The predicted molar refractivity (Wildman–Crippen MR) is 153 cm³/mol. The molecule has 10 heteroatoms. The summed E-state index contributed by atoms with van der Waals surface area (Å²) in [5, 5.41) is 15.6. The molecule has 7 aromatic rings. The number of rotatable bonds is 4. The van der Waals surface area contributed by atoms with Gasteiger partial charge < -0.3 is 5.73 Å². The van der Waals surface area contributed by atoms with E-state index in [2.05, 4.69) is 20.2 Å². The highest BCUT2D eigenvalue weighted by Gasteiger charge is 2.20. The molecule has 0 spiro atoms. The average molecular weight is 533 g/mol. The van der Waals surface area contributed by atoms with Crippen LogP contribution in [0.25, 0.3) is 49.7 Å². The van der Waals surface area contributed by atoms with E-state index in [0.29, 0.717) is 38.6 Å². The molecule has 0 atom stereocenters. The van der Waals surface area contributed by atoms with Crippen LogP contribution in [-0.2, 0) is 6.54 Å². The van der Waals surface area contributed by atoms with Crippen LogP contribution in [0.15, 0.2) is 83.9 Å². The van der Waals surface area contributed by atoms with Crippen LogP contribution in [0.2, 0.25) is 5.02 Å². The second-order valence-electron chi connectivity index (χ2n) is 9.35. The van der Waals surface area contributed by atoms with E-state index in [1.807, 2.05) is 73.7 Å². The third kappa shape index (κ3) is 3.66. The van der Waals surface area contributed by atoms with Crippen molar-refractivity contribution in [2.75, 3.05) is 5.73 Å². The van der Waals surface area contributed by atoms with Gasteiger partial charge >= 0.3 is 0 Å². The molecule has 7 rings (SSSR count). The first-order valence-electron chi connectivity index (χ1n) is 12.3. The Morgan fingerprint density at radius 1 is 0.974 bits per heavy atom. The van der Waals surface area contributed by atoms with Crippen LogP contribution < -0.4 is 11.3 Å². The quantitative estimate of drug-likeness (QED) is 0.319. The van der Waals surface area contributed by atoms with E-state index in [-0.39, 0.29) is 12.1 Å². The first-order chi connectivity index (χ1) is 19.0. The minimum atomic E-state index is -0.204. The summed E-state index contributed by atoms with van der Waals surface area (Å²) in [5.74, 6) is 0.327. The Bertz CT molecular complexity index is 2110. The Labute approximate surface area is 226 Å². The maximum absolute atomic E-state index is 13.8. The lowest BCUT2D eigenvalue weighted by molar-refractivity contribution is 0.672. The van der Waals surface area contributed by atoms with Gasteiger partial charge in [-0.15, -0.1) is 0 Å². The van der Waals surface area contributed by atoms with Gasteiger partial charge in [-0.3, -0.25) is 14.5 Å². The number of nitrogens with two attached hydrogens (primary N) is 1. The van der Waals surface area contributed by atoms with Crippen molar-refractivity contribution >= 4 is 50.1 Å². The van der Waals surface area contributed by atoms with Crippen molar-refractivity contribution in [1.82, 2.24) is 34.5 Å². The number of halogens is 1. The number of benzene rings is 3. The minimum absolute atomic E-state index is 0.204. The van der Waals surface area contributed by atoms with Crippen LogP contribution in [0.5, 0.6) is 0 Å². The monoisotopic (exact) mass is 532 g/mol. The standard InChI is InChI=1S/C29H21ClN8O/c1-16-21-11-10-18(13-23(21)35-34-16)26-25-27(31)32-15-33-28(25)37(36-26)14-20-12-17-6-5-9-22(30)24(17)29(39)38(20)19-7-3-2-4-8-19/h2-13,15H,14H2,1H3,(H,34,35)(H2,31,32,33). The molecular formula is C29H21ClN8O. The molecule has 3 aromatic carbocycles. The largest absolute Gasteiger partial charge is 0.383 e. The van der Waals surface area contributed by atoms with Crippen molar-refractivity contribution in [3.8, 4) is 16.9 Å². The van der Waals surface area contributed by atoms with Crippen LogP contribution >= 0.6 is 11.6 Å². The molecule has 0 unspecified atom stereocenters. The lowest BCUT2D eigenvalue weighted by Crippen LogP contribution is -2.24. The summed E-state index contributed by atoms with van der Waals surface area (Å²) in [6.45, 7) is 2.21. The zero-order chi connectivity index (χ0) is 26.7. The predicted octanol–water partition coefficient (Wildman–Crippen LogP) is 5.27. The van der Waals surface area contributed by atoms with Crippen LogP contribution in [0.4, 0.5) is 5.82 Å². The number of hydrogen-bond donors (Lipinski definition) is 2. The molecule has 0 aliphatic heterocycles. The molecule has 0 saturated carbocycles. The number of pyridine rings is 1. The Morgan fingerprint density at radius 3 is 2.67 bits per heavy atom. The van der Waals surface area contributed by atoms with E-state index in [1.54, 1.807) is 15.3 Å². The van der Waals surface area contributed by atoms with Crippen LogP contribution in [0.3, 0.4) is 0 Å². The van der Waals surface area contributed by atoms with E-state index >= 15 is 0 Å². The number of nitrogens with one attached hydrogen (secondary N) is 1. The number of nitrogen functional groups attached to an aromatic ring is 1. The van der Waals surface area contributed by atoms with E-state index in [0.717, 1.165) is 33.2 Å². The molecule has 0 fully saturated rings. The Morgan fingerprint density at radius 2 is 1.82 bits per heavy atom. The molecule has 0 radical (unpaired) electrons. The van der Waals surface area contributed by atoms with Gasteiger partial charge in [0.25, 0.3) is 5.56 Å². The number of aromatic amines is 1. The second-order valence-corrected chi connectivity index (χ2v) is 9.76. The summed E-state index contributed by atoms with van der Waals surface area (Å²) in [5.41, 5.74) is 11.5. The molecular weight excluding hydrogens is 512 g/mol. The Kier molecular flexibility index (Phi) is 5.21. The van der Waals surface area contributed by atoms with Crippen LogP contribution in [-0.4, -0.2) is 34.5 Å². The number of aryl methyl sites for hydroxylation is 1. The first-order valence-corrected chi connectivity index (χ1v) is 12.7. The lowest BCUT2D eigenvalue weighted by atomic mass is 10.1. The number of para-hydroxylation sites is 1. The normalized spacial score (nSPS) is 11.6. The Hall–Kier alpha value is -5.02. The van der Waals surface area contributed by atoms with Crippen molar-refractivity contribution in [2.24, 2.45) is 0 Å². The zero-order valence-corrected chi connectivity index (χ0v) is 21.5. The van der Waals surface area contributed by atoms with Crippen LogP contribution in [0.1, 0.15) is 11.4 Å². The van der Waals surface area contributed by atoms with E-state index in [9.17, 15) is 4.79 Å². The van der Waals surface area contributed by atoms with Gasteiger partial charge in [0.15, 0.2) is 5.65 Å². The zero-order valence-electron chi connectivity index (χ0n) is 20.8. The molecule has 4 heterocycles. The SMILES string of the molecule is Cc1n[nH]c2cc(-c3nn(Cc4cc5cccc(Cl)c5c(=O)n4-c4ccccc4)c4ncnc(N)c34)ccc12. The number of aromatic nitrogens is 7. The maximum Gasteiger partial charge on any atom is 0.264 e. The first kappa shape index (κ1) is 23.1. The molecule has 3 N–H and O–H groups in total. The van der Waals surface area contributed by atoms with Gasteiger partial charge in [-0.1, -0.05) is 54.1 Å². The summed E-state index contributed by atoms with van der Waals surface area (Å²) >= 11 is 6.48. The maximum atomic E-state index is 13.8. The summed E-state index contributed by atoms with van der Waals surface area (Å²) in [4.78, 5) is 22.6. The van der Waals surface area contributed by atoms with E-state index < -0.39 is 0 Å². The number of H-pyrrole nitrogens is 1. The van der Waals surface area contributed by atoms with Gasteiger partial charge in [0, 0.05) is 22.3 Å². The van der Waals surface area contributed by atoms with Gasteiger partial charge in [0.1, 0.15) is 17.8 Å². The smallest absolute Gasteiger partial charge is 0.264 e. The number of hydrogen-bond acceptors (Lipinski definition) is 6. The van der Waals surface area contributed by atoms with Gasteiger partial charge in [-0.05, 0) is 42.6 Å². The number of anilines is 1. The van der Waals surface area contributed by atoms with E-state index in [1.165, 1.54) is 6.33 Å². The van der Waals surface area contributed by atoms with Gasteiger partial charge in [-0.25, -0.2) is 14.6 Å². The highest BCUT2D eigenvalue weighted by atomic mass is 35.5. The number of nitrogens with zero attached hydrogens (tertiary/aromatic N) is 6. The molecule has 190 valence electrons. The summed E-state index contributed by atoms with van der Waals surface area (Å²) < 4.78 is 3.43. The van der Waals surface area contributed by atoms with Crippen molar-refractivity contribution in [2.45, 2.75) is 13.5 Å². The van der Waals surface area contributed by atoms with Crippen molar-refractivity contribution in [1.29, 1.82) is 0 Å². The molecule has 0 saturated heterocycles. The minimum Gasteiger partial charge on any atom is -0.383 e. The highest BCUT2D eigenvalue weighted by molar-refractivity contribution is 6.35. The molecule has 0 bridgehead atoms. The molecule has 9 nitrogen and oxygen atoms in total. The lowest BCUT2D eigenvalue weighted by Gasteiger charge is -2.15. The van der Waals surface area contributed by atoms with Crippen molar-refractivity contribution < 1.29 is 0 Å². The van der Waals surface area contributed by atoms with Crippen molar-refractivity contribution in [3.05, 3.63) is 106 Å². The topological polar surface area (TPSA) is 120 Å². The molecule has 0 amide bonds. The summed E-state index contributed by atoms with van der Waals surface area (Å²) in [6.07, 6.45) is 1.42. The van der Waals surface area contributed by atoms with Crippen LogP contribution in [0, 0.1) is 6.92 Å². The molecule has 0 aliphatic rings. The highest BCUT2D eigenvalue weighted by Crippen LogP contribution is 2.33. The third-order valence-corrected chi connectivity index (χ3v) is 7.30. The third-order valence-electron chi connectivity index (χ3n) is 6.98. The fourth-order valence-electron chi connectivity index (χ4n) is 5.15. The fraction of sp³-hybridized carbons (Fsp3) is 0.0690. The average Bonchev–Trinajstić information content (AvgIpc) is 3.50. The van der Waals surface area contributed by atoms with Crippen molar-refractivity contribution in [3.63, 3.8) is 0 Å². The Balaban J connectivity index is 1.46. The summed E-state index contributed by atoms with van der Waals surface area (Å²) in [7, 11) is 0. The van der Waals surface area contributed by atoms with Gasteiger partial charge in [0.05, 0.1) is 33.6 Å². The summed E-state index contributed by atoms with van der Waals surface area (Å²) in [6, 6.07) is 22.9. The second kappa shape index (κ2) is 8.78.